The average molecular weight is 184 g/mol. The summed E-state index contributed by atoms with van der Waals surface area (Å²) in [4.78, 5) is 1.06. The van der Waals surface area contributed by atoms with Crippen LogP contribution in [-0.2, 0) is 0 Å². The monoisotopic (exact) mass is 183 g/mol. The van der Waals surface area contributed by atoms with Gasteiger partial charge in [-0.2, -0.15) is 5.43 Å². The van der Waals surface area contributed by atoms with E-state index in [0.717, 1.165) is 14.9 Å². The van der Waals surface area contributed by atoms with E-state index in [1.807, 2.05) is 18.2 Å². The lowest BCUT2D eigenvalue weighted by molar-refractivity contribution is 0.973. The number of halogens is 1. The van der Waals surface area contributed by atoms with Crippen LogP contribution in [0.25, 0.3) is 0 Å². The third-order valence-corrected chi connectivity index (χ3v) is 2.54. The lowest BCUT2D eigenvalue weighted by Gasteiger charge is -1.86. The molecule has 0 saturated heterocycles. The molecule has 2 nitrogen and oxygen atoms in total. The Morgan fingerprint density at radius 2 is 2.27 bits per heavy atom. The van der Waals surface area contributed by atoms with Crippen molar-refractivity contribution in [3.05, 3.63) is 33.6 Å². The molecule has 1 aliphatic rings. The average Bonchev–Trinajstić information content (AvgIpc) is 2.55. The van der Waals surface area contributed by atoms with Crippen molar-refractivity contribution >= 4 is 28.6 Å². The zero-order valence-electron chi connectivity index (χ0n) is 5.49. The highest BCUT2D eigenvalue weighted by molar-refractivity contribution is 7.18. The zero-order valence-corrected chi connectivity index (χ0v) is 7.06. The molecule has 0 spiro atoms. The first-order chi connectivity index (χ1) is 5.36. The van der Waals surface area contributed by atoms with Gasteiger partial charge in [-0.15, -0.1) is 16.4 Å². The number of nitrogens with zero attached hydrogens (tertiary/aromatic N) is 2. The topological polar surface area (TPSA) is 26.5 Å². The van der Waals surface area contributed by atoms with Crippen LogP contribution in [0, 0.1) is 0 Å². The fourth-order valence-corrected chi connectivity index (χ4v) is 1.82. The van der Waals surface area contributed by atoms with Gasteiger partial charge in [0.15, 0.2) is 0 Å². The van der Waals surface area contributed by atoms with Crippen LogP contribution in [0.4, 0.5) is 0 Å². The van der Waals surface area contributed by atoms with Crippen LogP contribution in [0.2, 0.25) is 4.34 Å². The summed E-state index contributed by atoms with van der Waals surface area (Å²) in [5, 5.41) is 3.90. The van der Waals surface area contributed by atoms with Gasteiger partial charge in [-0.3, -0.25) is 0 Å². The highest BCUT2D eigenvalue weighted by atomic mass is 35.5. The Labute approximate surface area is 73.2 Å². The number of allylic oxidation sites excluding steroid dienone is 1. The second-order valence-electron chi connectivity index (χ2n) is 2.02. The minimum atomic E-state index is 0.781. The Balaban J connectivity index is 2.36. The highest BCUT2D eigenvalue weighted by Gasteiger charge is 2.06. The first-order valence-electron chi connectivity index (χ1n) is 3.06. The van der Waals surface area contributed by atoms with E-state index in [1.54, 1.807) is 6.20 Å². The summed E-state index contributed by atoms with van der Waals surface area (Å²) in [7, 11) is 0. The summed E-state index contributed by atoms with van der Waals surface area (Å²) in [6, 6.07) is 3.80. The maximum Gasteiger partial charge on any atom is 0.104 e. The fraction of sp³-hybridized carbons (Fsp3) is 0. The molecule has 0 aromatic carbocycles. The predicted molar refractivity (Wildman–Crippen MR) is 47.1 cm³/mol. The molecule has 11 heavy (non-hydrogen) atoms. The van der Waals surface area contributed by atoms with Gasteiger partial charge in [0, 0.05) is 0 Å². The molecule has 0 bridgehead atoms. The van der Waals surface area contributed by atoms with E-state index in [-0.39, 0.29) is 0 Å². The molecule has 1 aromatic heterocycles. The van der Waals surface area contributed by atoms with Crippen LogP contribution in [0.3, 0.4) is 0 Å². The molecule has 0 atom stereocenters. The van der Waals surface area contributed by atoms with Crippen molar-refractivity contribution in [2.75, 3.05) is 0 Å². The van der Waals surface area contributed by atoms with E-state index in [0.29, 0.717) is 0 Å². The van der Waals surface area contributed by atoms with Gasteiger partial charge in [-0.1, -0.05) is 11.6 Å². The Bertz CT molecular complexity index is 327. The van der Waals surface area contributed by atoms with E-state index < -0.39 is 0 Å². The number of hydrogen-bond acceptors (Lipinski definition) is 2. The van der Waals surface area contributed by atoms with Crippen molar-refractivity contribution in [1.82, 2.24) is 5.43 Å². The molecule has 0 saturated carbocycles. The van der Waals surface area contributed by atoms with Gasteiger partial charge >= 0.3 is 0 Å². The summed E-state index contributed by atoms with van der Waals surface area (Å²) in [5.74, 6) is 0. The van der Waals surface area contributed by atoms with E-state index in [1.165, 1.54) is 11.3 Å². The van der Waals surface area contributed by atoms with Crippen LogP contribution in [-0.4, -0.2) is 5.71 Å². The predicted octanol–water partition coefficient (Wildman–Crippen LogP) is 2.24. The maximum atomic E-state index is 5.75. The molecule has 4 heteroatoms. The van der Waals surface area contributed by atoms with Crippen molar-refractivity contribution in [1.29, 1.82) is 0 Å². The van der Waals surface area contributed by atoms with Gasteiger partial charge < -0.3 is 0 Å². The van der Waals surface area contributed by atoms with Crippen LogP contribution in [0.1, 0.15) is 4.88 Å². The third-order valence-electron chi connectivity index (χ3n) is 1.29. The van der Waals surface area contributed by atoms with E-state index >= 15 is 0 Å². The summed E-state index contributed by atoms with van der Waals surface area (Å²) in [5.41, 5.74) is 4.61. The van der Waals surface area contributed by atoms with Crippen LogP contribution < -0.4 is 5.43 Å². The molecule has 55 valence electrons. The summed E-state index contributed by atoms with van der Waals surface area (Å²) >= 11 is 7.26. The Hall–Kier alpha value is -0.800. The van der Waals surface area contributed by atoms with Gasteiger partial charge in [0.25, 0.3) is 0 Å². The standard InChI is InChI=1S/C7H4ClN2S/c8-7-2-1-6(11-7)5-3-4-9-10-5/h1-4H. The number of thiophene rings is 1. The molecule has 1 aromatic rings. The summed E-state index contributed by atoms with van der Waals surface area (Å²) < 4.78 is 0.781. The minimum Gasteiger partial charge on any atom is -0.158 e. The van der Waals surface area contributed by atoms with Crippen molar-refractivity contribution in [3.8, 4) is 0 Å². The van der Waals surface area contributed by atoms with E-state index in [9.17, 15) is 0 Å². The first-order valence-corrected chi connectivity index (χ1v) is 4.26. The highest BCUT2D eigenvalue weighted by Crippen LogP contribution is 2.22. The van der Waals surface area contributed by atoms with Gasteiger partial charge in [0.05, 0.1) is 15.4 Å². The van der Waals surface area contributed by atoms with Crippen molar-refractivity contribution in [2.45, 2.75) is 0 Å². The maximum absolute atomic E-state index is 5.75. The van der Waals surface area contributed by atoms with E-state index in [4.69, 9.17) is 11.6 Å². The third kappa shape index (κ3) is 1.29. The lowest BCUT2D eigenvalue weighted by Crippen LogP contribution is -1.88. The van der Waals surface area contributed by atoms with Gasteiger partial charge in [0.2, 0.25) is 0 Å². The zero-order chi connectivity index (χ0) is 7.68. The summed E-state index contributed by atoms with van der Waals surface area (Å²) in [6.07, 6.45) is 3.53. The molecular weight excluding hydrogens is 180 g/mol. The molecule has 0 fully saturated rings. The first kappa shape index (κ1) is 6.88. The molecule has 1 aliphatic heterocycles. The molecule has 1 radical (unpaired) electrons. The fourth-order valence-electron chi connectivity index (χ4n) is 0.816. The lowest BCUT2D eigenvalue weighted by atomic mass is 10.3. The smallest absolute Gasteiger partial charge is 0.104 e. The van der Waals surface area contributed by atoms with E-state index in [2.05, 4.69) is 10.5 Å². The number of hydrogen-bond donors (Lipinski definition) is 0. The largest absolute Gasteiger partial charge is 0.158 e. The molecule has 2 rings (SSSR count). The Morgan fingerprint density at radius 1 is 1.36 bits per heavy atom. The molecule has 0 aliphatic carbocycles. The van der Waals surface area contributed by atoms with Crippen molar-refractivity contribution < 1.29 is 0 Å². The number of rotatable bonds is 1. The second-order valence-corrected chi connectivity index (χ2v) is 3.74. The van der Waals surface area contributed by atoms with Gasteiger partial charge in [-0.25, -0.2) is 0 Å². The van der Waals surface area contributed by atoms with Crippen LogP contribution in [0.15, 0.2) is 29.5 Å². The Kier molecular flexibility index (Phi) is 1.68. The van der Waals surface area contributed by atoms with Crippen LogP contribution in [0.5, 0.6) is 0 Å². The SMILES string of the molecule is Clc1ccc(C2=N[N]C=C2)s1. The molecule has 0 N–H and O–H groups in total. The molecule has 0 amide bonds. The minimum absolute atomic E-state index is 0.781. The summed E-state index contributed by atoms with van der Waals surface area (Å²) in [6.45, 7) is 0. The van der Waals surface area contributed by atoms with Gasteiger partial charge in [0.1, 0.15) is 5.71 Å². The molecule has 0 unspecified atom stereocenters. The normalized spacial score (nSPS) is 14.8. The van der Waals surface area contributed by atoms with Crippen LogP contribution >= 0.6 is 22.9 Å². The second kappa shape index (κ2) is 2.68. The molecule has 2 heterocycles. The van der Waals surface area contributed by atoms with Crippen molar-refractivity contribution in [3.63, 3.8) is 0 Å². The molecular formula is C7H4ClN2S. The van der Waals surface area contributed by atoms with Gasteiger partial charge in [-0.05, 0) is 18.2 Å². The quantitative estimate of drug-likeness (QED) is 0.639. The van der Waals surface area contributed by atoms with Crippen molar-refractivity contribution in [2.24, 2.45) is 5.10 Å². The Morgan fingerprint density at radius 3 is 2.82 bits per heavy atom.